The minimum Gasteiger partial charge on any atom is -0.338 e. The number of rotatable bonds is 3. The van der Waals surface area contributed by atoms with E-state index in [1.54, 1.807) is 17.0 Å². The highest BCUT2D eigenvalue weighted by Crippen LogP contribution is 2.27. The van der Waals surface area contributed by atoms with Crippen molar-refractivity contribution in [3.63, 3.8) is 0 Å². The molecule has 1 saturated heterocycles. The average molecular weight is 347 g/mol. The molecule has 1 N–H and O–H groups in total. The molecule has 0 unspecified atom stereocenters. The third-order valence-electron chi connectivity index (χ3n) is 4.36. The van der Waals surface area contributed by atoms with Crippen LogP contribution in [0.5, 0.6) is 0 Å². The molecule has 1 aliphatic heterocycles. The Kier molecular flexibility index (Phi) is 4.45. The van der Waals surface area contributed by atoms with Crippen LogP contribution in [0.15, 0.2) is 35.2 Å². The van der Waals surface area contributed by atoms with Gasteiger partial charge in [-0.3, -0.25) is 9.89 Å². The summed E-state index contributed by atoms with van der Waals surface area (Å²) in [6.45, 7) is 3.24. The molecule has 0 saturated carbocycles. The van der Waals surface area contributed by atoms with Gasteiger partial charge in [0.25, 0.3) is 5.91 Å². The number of hydrogen-bond acceptors (Lipinski definition) is 4. The first-order chi connectivity index (χ1) is 11.3. The van der Waals surface area contributed by atoms with Crippen LogP contribution < -0.4 is 0 Å². The highest BCUT2D eigenvalue weighted by atomic mass is 32.2. The Morgan fingerprint density at radius 3 is 2.79 bits per heavy atom. The number of sulfone groups is 1. The Labute approximate surface area is 141 Å². The summed E-state index contributed by atoms with van der Waals surface area (Å²) in [6.07, 6.45) is 3.05. The van der Waals surface area contributed by atoms with Crippen LogP contribution in [0.4, 0.5) is 0 Å². The van der Waals surface area contributed by atoms with E-state index in [1.165, 1.54) is 12.1 Å². The Morgan fingerprint density at radius 2 is 2.12 bits per heavy atom. The Bertz CT molecular complexity index is 857. The standard InChI is InChI=1S/C17H21N3O3S/c1-12-9-16(19-18-12)14-6-4-8-20(11-14)17(21)13-5-3-7-15(10-13)24(2,22)23/h3,5,7,9-10,14H,4,6,8,11H2,1-2H3,(H,18,19)/t14-/m1/s1. The number of benzene rings is 1. The fourth-order valence-electron chi connectivity index (χ4n) is 3.09. The van der Waals surface area contributed by atoms with E-state index in [0.717, 1.165) is 30.5 Å². The van der Waals surface area contributed by atoms with Crippen molar-refractivity contribution in [3.05, 3.63) is 47.3 Å². The van der Waals surface area contributed by atoms with Crippen LogP contribution in [0.1, 0.15) is 40.5 Å². The monoisotopic (exact) mass is 347 g/mol. The van der Waals surface area contributed by atoms with Crippen LogP contribution in [0.2, 0.25) is 0 Å². The van der Waals surface area contributed by atoms with Crippen LogP contribution in [0.25, 0.3) is 0 Å². The number of likely N-dealkylation sites (tertiary alicyclic amines) is 1. The Balaban J connectivity index is 1.80. The van der Waals surface area contributed by atoms with Crippen molar-refractivity contribution >= 4 is 15.7 Å². The molecule has 0 bridgehead atoms. The summed E-state index contributed by atoms with van der Waals surface area (Å²) in [5, 5.41) is 7.26. The summed E-state index contributed by atoms with van der Waals surface area (Å²) in [5.41, 5.74) is 2.40. The molecule has 24 heavy (non-hydrogen) atoms. The number of aromatic amines is 1. The van der Waals surface area contributed by atoms with Crippen molar-refractivity contribution in [2.75, 3.05) is 19.3 Å². The topological polar surface area (TPSA) is 83.1 Å². The van der Waals surface area contributed by atoms with Gasteiger partial charge in [-0.2, -0.15) is 5.10 Å². The van der Waals surface area contributed by atoms with Crippen LogP contribution >= 0.6 is 0 Å². The number of hydrogen-bond donors (Lipinski definition) is 1. The minimum atomic E-state index is -3.33. The van der Waals surface area contributed by atoms with Crippen LogP contribution in [0.3, 0.4) is 0 Å². The average Bonchev–Trinajstić information content (AvgIpc) is 3.00. The molecule has 1 aromatic carbocycles. The van der Waals surface area contributed by atoms with E-state index in [9.17, 15) is 13.2 Å². The first kappa shape index (κ1) is 16.7. The number of carbonyl (C=O) groups excluding carboxylic acids is 1. The molecule has 2 aromatic rings. The Morgan fingerprint density at radius 1 is 1.33 bits per heavy atom. The van der Waals surface area contributed by atoms with Gasteiger partial charge in [0, 0.05) is 36.5 Å². The van der Waals surface area contributed by atoms with Gasteiger partial charge in [-0.15, -0.1) is 0 Å². The van der Waals surface area contributed by atoms with Crippen LogP contribution in [-0.2, 0) is 9.84 Å². The van der Waals surface area contributed by atoms with Crippen LogP contribution in [-0.4, -0.2) is 48.8 Å². The number of nitrogens with zero attached hydrogens (tertiary/aromatic N) is 2. The molecule has 1 fully saturated rings. The summed E-state index contributed by atoms with van der Waals surface area (Å²) in [7, 11) is -3.33. The second-order valence-electron chi connectivity index (χ2n) is 6.37. The lowest BCUT2D eigenvalue weighted by atomic mass is 9.94. The third-order valence-corrected chi connectivity index (χ3v) is 5.47. The molecule has 2 heterocycles. The SMILES string of the molecule is Cc1cc([C@@H]2CCCN(C(=O)c3cccc(S(C)(=O)=O)c3)C2)n[nH]1. The first-order valence-corrected chi connectivity index (χ1v) is 9.85. The van der Waals surface area contributed by atoms with Crippen molar-refractivity contribution in [2.45, 2.75) is 30.6 Å². The molecule has 1 aliphatic rings. The first-order valence-electron chi connectivity index (χ1n) is 7.96. The molecule has 128 valence electrons. The predicted molar refractivity (Wildman–Crippen MR) is 90.8 cm³/mol. The van der Waals surface area contributed by atoms with Crippen molar-refractivity contribution < 1.29 is 13.2 Å². The van der Waals surface area contributed by atoms with Crippen molar-refractivity contribution in [1.29, 1.82) is 0 Å². The Hall–Kier alpha value is -2.15. The van der Waals surface area contributed by atoms with E-state index < -0.39 is 9.84 Å². The zero-order valence-electron chi connectivity index (χ0n) is 13.8. The number of aryl methyl sites for hydroxylation is 1. The second-order valence-corrected chi connectivity index (χ2v) is 8.38. The summed E-state index contributed by atoms with van der Waals surface area (Å²) < 4.78 is 23.4. The lowest BCUT2D eigenvalue weighted by molar-refractivity contribution is 0.0705. The minimum absolute atomic E-state index is 0.127. The normalized spacial score (nSPS) is 18.6. The highest BCUT2D eigenvalue weighted by Gasteiger charge is 2.27. The van der Waals surface area contributed by atoms with Gasteiger partial charge in [0.2, 0.25) is 0 Å². The van der Waals surface area contributed by atoms with Gasteiger partial charge in [-0.25, -0.2) is 8.42 Å². The maximum atomic E-state index is 12.8. The summed E-state index contributed by atoms with van der Waals surface area (Å²) in [6, 6.07) is 8.27. The van der Waals surface area contributed by atoms with E-state index in [2.05, 4.69) is 10.2 Å². The van der Waals surface area contributed by atoms with E-state index in [-0.39, 0.29) is 16.7 Å². The maximum absolute atomic E-state index is 12.8. The number of piperidine rings is 1. The number of nitrogens with one attached hydrogen (secondary N) is 1. The second kappa shape index (κ2) is 6.39. The molecule has 0 aliphatic carbocycles. The number of amides is 1. The number of H-pyrrole nitrogens is 1. The van der Waals surface area contributed by atoms with Gasteiger partial charge in [0.15, 0.2) is 9.84 Å². The van der Waals surface area contributed by atoms with Crippen LogP contribution in [0, 0.1) is 6.92 Å². The maximum Gasteiger partial charge on any atom is 0.253 e. The van der Waals surface area contributed by atoms with E-state index in [4.69, 9.17) is 0 Å². The molecule has 0 spiro atoms. The summed E-state index contributed by atoms with van der Waals surface area (Å²) >= 11 is 0. The van der Waals surface area contributed by atoms with Gasteiger partial charge in [0.1, 0.15) is 0 Å². The molecule has 1 amide bonds. The molecular formula is C17H21N3O3S. The van der Waals surface area contributed by atoms with Gasteiger partial charge in [-0.1, -0.05) is 6.07 Å². The molecule has 7 heteroatoms. The highest BCUT2D eigenvalue weighted by molar-refractivity contribution is 7.90. The molecule has 0 radical (unpaired) electrons. The predicted octanol–water partition coefficient (Wildman–Crippen LogP) is 2.14. The van der Waals surface area contributed by atoms with Gasteiger partial charge in [-0.05, 0) is 44.0 Å². The van der Waals surface area contributed by atoms with Crippen molar-refractivity contribution in [2.24, 2.45) is 0 Å². The smallest absolute Gasteiger partial charge is 0.253 e. The van der Waals surface area contributed by atoms with Crippen molar-refractivity contribution in [1.82, 2.24) is 15.1 Å². The number of carbonyl (C=O) groups is 1. The molecule has 6 nitrogen and oxygen atoms in total. The third kappa shape index (κ3) is 3.51. The summed E-state index contributed by atoms with van der Waals surface area (Å²) in [4.78, 5) is 14.7. The zero-order valence-corrected chi connectivity index (χ0v) is 14.6. The fourth-order valence-corrected chi connectivity index (χ4v) is 3.76. The fraction of sp³-hybridized carbons (Fsp3) is 0.412. The summed E-state index contributed by atoms with van der Waals surface area (Å²) in [5.74, 6) is 0.0863. The van der Waals surface area contributed by atoms with E-state index in [1.807, 2.05) is 13.0 Å². The van der Waals surface area contributed by atoms with Gasteiger partial charge >= 0.3 is 0 Å². The largest absolute Gasteiger partial charge is 0.338 e. The quantitative estimate of drug-likeness (QED) is 0.922. The molecule has 1 aromatic heterocycles. The molecular weight excluding hydrogens is 326 g/mol. The van der Waals surface area contributed by atoms with E-state index in [0.29, 0.717) is 18.7 Å². The van der Waals surface area contributed by atoms with Gasteiger partial charge < -0.3 is 4.90 Å². The number of aromatic nitrogens is 2. The lowest BCUT2D eigenvalue weighted by Gasteiger charge is -2.32. The molecule has 1 atom stereocenters. The van der Waals surface area contributed by atoms with Gasteiger partial charge in [0.05, 0.1) is 10.6 Å². The van der Waals surface area contributed by atoms with Crippen molar-refractivity contribution in [3.8, 4) is 0 Å². The van der Waals surface area contributed by atoms with E-state index >= 15 is 0 Å². The molecule has 3 rings (SSSR count). The lowest BCUT2D eigenvalue weighted by Crippen LogP contribution is -2.39. The zero-order chi connectivity index (χ0) is 17.3.